The minimum absolute atomic E-state index is 0.106. The highest BCUT2D eigenvalue weighted by molar-refractivity contribution is 5.76. The average molecular weight is 237 g/mol. The Labute approximate surface area is 99.5 Å². The van der Waals surface area contributed by atoms with Gasteiger partial charge in [-0.3, -0.25) is 9.59 Å². The number of carbonyl (C=O) groups excluding carboxylic acids is 2. The molecule has 0 saturated heterocycles. The number of hydrogen-bond donors (Lipinski definition) is 1. The smallest absolute Gasteiger partial charge is 0.221 e. The van der Waals surface area contributed by atoms with Crippen LogP contribution in [0.5, 0.6) is 11.5 Å². The third-order valence-electron chi connectivity index (χ3n) is 2.14. The van der Waals surface area contributed by atoms with Crippen molar-refractivity contribution in [2.24, 2.45) is 5.73 Å². The van der Waals surface area contributed by atoms with Crippen LogP contribution in [0.3, 0.4) is 0 Å². The molecule has 1 amide bonds. The molecule has 2 N–H and O–H groups in total. The summed E-state index contributed by atoms with van der Waals surface area (Å²) in [7, 11) is 1.50. The molecule has 1 atom stereocenters. The molecule has 92 valence electrons. The van der Waals surface area contributed by atoms with Gasteiger partial charge in [0, 0.05) is 5.56 Å². The van der Waals surface area contributed by atoms with Gasteiger partial charge in [-0.05, 0) is 25.1 Å². The van der Waals surface area contributed by atoms with E-state index in [1.807, 2.05) is 0 Å². The first-order valence-corrected chi connectivity index (χ1v) is 5.15. The molecule has 0 bridgehead atoms. The van der Waals surface area contributed by atoms with E-state index in [1.54, 1.807) is 25.1 Å². The van der Waals surface area contributed by atoms with Crippen molar-refractivity contribution >= 4 is 12.2 Å². The molecule has 0 saturated carbocycles. The Morgan fingerprint density at radius 3 is 2.71 bits per heavy atom. The minimum Gasteiger partial charge on any atom is -0.493 e. The summed E-state index contributed by atoms with van der Waals surface area (Å²) in [5.74, 6) is 0.487. The number of methoxy groups -OCH3 is 1. The summed E-state index contributed by atoms with van der Waals surface area (Å²) in [6, 6.07) is 4.82. The maximum absolute atomic E-state index is 10.7. The SMILES string of the molecule is COc1ccc(C=O)cc1OC(C)CC(N)=O. The lowest BCUT2D eigenvalue weighted by molar-refractivity contribution is -0.119. The predicted molar refractivity (Wildman–Crippen MR) is 62.3 cm³/mol. The molecule has 0 aliphatic rings. The Balaban J connectivity index is 2.86. The Kier molecular flexibility index (Phi) is 4.51. The first kappa shape index (κ1) is 13.0. The van der Waals surface area contributed by atoms with Crippen molar-refractivity contribution < 1.29 is 19.1 Å². The minimum atomic E-state index is -0.442. The maximum Gasteiger partial charge on any atom is 0.221 e. The van der Waals surface area contributed by atoms with E-state index in [2.05, 4.69) is 0 Å². The van der Waals surface area contributed by atoms with Crippen LogP contribution < -0.4 is 15.2 Å². The van der Waals surface area contributed by atoms with Gasteiger partial charge in [0.1, 0.15) is 12.4 Å². The van der Waals surface area contributed by atoms with Gasteiger partial charge in [0.2, 0.25) is 5.91 Å². The number of ether oxygens (including phenoxy) is 2. The second kappa shape index (κ2) is 5.89. The standard InChI is InChI=1S/C12H15NO4/c1-8(5-12(13)15)17-11-6-9(7-14)3-4-10(11)16-2/h3-4,6-8H,5H2,1-2H3,(H2,13,15). The number of aldehydes is 1. The lowest BCUT2D eigenvalue weighted by Gasteiger charge is -2.15. The molecule has 0 aromatic heterocycles. The van der Waals surface area contributed by atoms with Gasteiger partial charge >= 0.3 is 0 Å². The van der Waals surface area contributed by atoms with E-state index < -0.39 is 5.91 Å². The molecule has 17 heavy (non-hydrogen) atoms. The number of benzene rings is 1. The predicted octanol–water partition coefficient (Wildman–Crippen LogP) is 1.15. The van der Waals surface area contributed by atoms with Crippen LogP contribution in [0.4, 0.5) is 0 Å². The maximum atomic E-state index is 10.7. The van der Waals surface area contributed by atoms with Crippen LogP contribution in [0.25, 0.3) is 0 Å². The first-order chi connectivity index (χ1) is 8.06. The summed E-state index contributed by atoms with van der Waals surface area (Å²) in [4.78, 5) is 21.4. The van der Waals surface area contributed by atoms with Gasteiger partial charge in [-0.2, -0.15) is 0 Å². The third kappa shape index (κ3) is 3.79. The van der Waals surface area contributed by atoms with Gasteiger partial charge in [0.05, 0.1) is 13.5 Å². The van der Waals surface area contributed by atoms with Gasteiger partial charge < -0.3 is 15.2 Å². The Morgan fingerprint density at radius 2 is 2.18 bits per heavy atom. The molecule has 1 unspecified atom stereocenters. The fourth-order valence-electron chi connectivity index (χ4n) is 1.40. The molecular weight excluding hydrogens is 222 g/mol. The lowest BCUT2D eigenvalue weighted by Crippen LogP contribution is -2.22. The molecular formula is C12H15NO4. The molecule has 0 radical (unpaired) electrons. The zero-order chi connectivity index (χ0) is 12.8. The Bertz CT molecular complexity index is 417. The molecule has 5 heteroatoms. The van der Waals surface area contributed by atoms with Crippen molar-refractivity contribution in [3.05, 3.63) is 23.8 Å². The van der Waals surface area contributed by atoms with Crippen molar-refractivity contribution in [3.63, 3.8) is 0 Å². The Morgan fingerprint density at radius 1 is 1.47 bits per heavy atom. The summed E-state index contributed by atoms with van der Waals surface area (Å²) < 4.78 is 10.6. The van der Waals surface area contributed by atoms with Gasteiger partial charge in [-0.1, -0.05) is 0 Å². The lowest BCUT2D eigenvalue weighted by atomic mass is 10.2. The second-order valence-corrected chi connectivity index (χ2v) is 3.63. The molecule has 1 aromatic carbocycles. The number of nitrogens with two attached hydrogens (primary N) is 1. The molecule has 0 fully saturated rings. The third-order valence-corrected chi connectivity index (χ3v) is 2.14. The van der Waals surface area contributed by atoms with Crippen molar-refractivity contribution in [1.82, 2.24) is 0 Å². The van der Waals surface area contributed by atoms with E-state index in [0.29, 0.717) is 23.3 Å². The number of primary amides is 1. The molecule has 0 spiro atoms. The number of amides is 1. The first-order valence-electron chi connectivity index (χ1n) is 5.15. The highest BCUT2D eigenvalue weighted by Gasteiger charge is 2.12. The van der Waals surface area contributed by atoms with Crippen molar-refractivity contribution in [1.29, 1.82) is 0 Å². The molecule has 5 nitrogen and oxygen atoms in total. The van der Waals surface area contributed by atoms with E-state index in [-0.39, 0.29) is 12.5 Å². The van der Waals surface area contributed by atoms with Crippen LogP contribution in [0.15, 0.2) is 18.2 Å². The molecule has 0 aliphatic carbocycles. The monoisotopic (exact) mass is 237 g/mol. The Hall–Kier alpha value is -2.04. The van der Waals surface area contributed by atoms with Crippen molar-refractivity contribution in [2.45, 2.75) is 19.4 Å². The van der Waals surface area contributed by atoms with Crippen LogP contribution in [0.1, 0.15) is 23.7 Å². The van der Waals surface area contributed by atoms with Gasteiger partial charge in [0.25, 0.3) is 0 Å². The zero-order valence-electron chi connectivity index (χ0n) is 9.80. The fraction of sp³-hybridized carbons (Fsp3) is 0.333. The van der Waals surface area contributed by atoms with Crippen molar-refractivity contribution in [3.8, 4) is 11.5 Å². The number of rotatable bonds is 6. The van der Waals surface area contributed by atoms with E-state index in [0.717, 1.165) is 0 Å². The summed E-state index contributed by atoms with van der Waals surface area (Å²) in [5, 5.41) is 0. The van der Waals surface area contributed by atoms with Crippen LogP contribution in [-0.4, -0.2) is 25.4 Å². The van der Waals surface area contributed by atoms with Gasteiger partial charge in [0.15, 0.2) is 11.5 Å². The highest BCUT2D eigenvalue weighted by Crippen LogP contribution is 2.28. The normalized spacial score (nSPS) is 11.6. The van der Waals surface area contributed by atoms with Crippen LogP contribution in [0, 0.1) is 0 Å². The molecule has 0 heterocycles. The van der Waals surface area contributed by atoms with Crippen LogP contribution in [0.2, 0.25) is 0 Å². The summed E-state index contributed by atoms with van der Waals surface area (Å²) in [6.45, 7) is 1.72. The highest BCUT2D eigenvalue weighted by atomic mass is 16.5. The molecule has 1 rings (SSSR count). The average Bonchev–Trinajstić information content (AvgIpc) is 2.27. The van der Waals surface area contributed by atoms with E-state index in [9.17, 15) is 9.59 Å². The summed E-state index contributed by atoms with van der Waals surface area (Å²) >= 11 is 0. The van der Waals surface area contributed by atoms with Gasteiger partial charge in [-0.15, -0.1) is 0 Å². The van der Waals surface area contributed by atoms with Crippen LogP contribution >= 0.6 is 0 Å². The summed E-state index contributed by atoms with van der Waals surface area (Å²) in [6.07, 6.45) is 0.447. The fourth-order valence-corrected chi connectivity index (χ4v) is 1.40. The van der Waals surface area contributed by atoms with Crippen LogP contribution in [-0.2, 0) is 4.79 Å². The van der Waals surface area contributed by atoms with E-state index in [4.69, 9.17) is 15.2 Å². The van der Waals surface area contributed by atoms with E-state index >= 15 is 0 Å². The largest absolute Gasteiger partial charge is 0.493 e. The zero-order valence-corrected chi connectivity index (χ0v) is 9.80. The molecule has 0 aliphatic heterocycles. The van der Waals surface area contributed by atoms with Gasteiger partial charge in [-0.25, -0.2) is 0 Å². The number of hydrogen-bond acceptors (Lipinski definition) is 4. The second-order valence-electron chi connectivity index (χ2n) is 3.63. The topological polar surface area (TPSA) is 78.6 Å². The molecule has 1 aromatic rings. The quantitative estimate of drug-likeness (QED) is 0.753. The van der Waals surface area contributed by atoms with E-state index in [1.165, 1.54) is 7.11 Å². The number of carbonyl (C=O) groups is 2. The van der Waals surface area contributed by atoms with Crippen molar-refractivity contribution in [2.75, 3.05) is 7.11 Å². The summed E-state index contributed by atoms with van der Waals surface area (Å²) in [5.41, 5.74) is 5.55.